The Morgan fingerprint density at radius 1 is 0.727 bits per heavy atom. The average Bonchev–Trinajstić information content (AvgIpc) is 2.44. The lowest BCUT2D eigenvalue weighted by Gasteiger charge is -2.01. The third-order valence-electron chi connectivity index (χ3n) is 2.70. The molecule has 0 fully saturated rings. The minimum absolute atomic E-state index is 0.198. The van der Waals surface area contributed by atoms with E-state index >= 15 is 0 Å². The summed E-state index contributed by atoms with van der Waals surface area (Å²) in [5.74, 6) is -3.44. The van der Waals surface area contributed by atoms with Gasteiger partial charge in [-0.05, 0) is 24.3 Å². The second-order valence-corrected chi connectivity index (χ2v) is 4.21. The molecule has 0 aliphatic carbocycles. The molecule has 0 bridgehead atoms. The first-order chi connectivity index (χ1) is 10.4. The summed E-state index contributed by atoms with van der Waals surface area (Å²) in [6, 6.07) is 7.29. The molecule has 8 nitrogen and oxygen atoms in total. The number of benzene rings is 2. The van der Waals surface area contributed by atoms with Crippen LogP contribution in [-0.2, 0) is 0 Å². The van der Waals surface area contributed by atoms with Gasteiger partial charge in [-0.15, -0.1) is 0 Å². The zero-order chi connectivity index (χ0) is 16.3. The van der Waals surface area contributed by atoms with Gasteiger partial charge in [0.2, 0.25) is 0 Å². The maximum atomic E-state index is 10.7. The Labute approximate surface area is 123 Å². The Morgan fingerprint density at radius 2 is 1.09 bits per heavy atom. The van der Waals surface area contributed by atoms with Crippen LogP contribution in [0.1, 0.15) is 20.7 Å². The van der Waals surface area contributed by atoms with Crippen LogP contribution < -0.4 is 0 Å². The second kappa shape index (κ2) is 5.92. The summed E-state index contributed by atoms with van der Waals surface area (Å²) in [6.07, 6.45) is 0. The summed E-state index contributed by atoms with van der Waals surface area (Å²) >= 11 is 0. The standard InChI is InChI=1S/C14H10N2O6/c17-11-5-7(1-3-9(11)13(19)20)15-16-8-2-4-10(14(21)22)12(18)6-8/h1-6,17-18H,(H,19,20)(H,21,22)/b16-15-. The van der Waals surface area contributed by atoms with Crippen molar-refractivity contribution in [2.24, 2.45) is 10.2 Å². The molecule has 22 heavy (non-hydrogen) atoms. The third-order valence-corrected chi connectivity index (χ3v) is 2.70. The molecule has 0 unspecified atom stereocenters. The summed E-state index contributed by atoms with van der Waals surface area (Å²) in [5.41, 5.74) is -0.126. The molecule has 0 amide bonds. The lowest BCUT2D eigenvalue weighted by atomic mass is 10.2. The van der Waals surface area contributed by atoms with Gasteiger partial charge in [0.1, 0.15) is 22.6 Å². The Morgan fingerprint density at radius 3 is 1.36 bits per heavy atom. The van der Waals surface area contributed by atoms with Gasteiger partial charge in [0.05, 0.1) is 11.4 Å². The highest BCUT2D eigenvalue weighted by atomic mass is 16.4. The molecule has 2 rings (SSSR count). The summed E-state index contributed by atoms with van der Waals surface area (Å²) in [5, 5.41) is 44.1. The molecule has 0 aromatic heterocycles. The number of rotatable bonds is 4. The third kappa shape index (κ3) is 3.18. The van der Waals surface area contributed by atoms with Crippen molar-refractivity contribution in [3.63, 3.8) is 0 Å². The fraction of sp³-hybridized carbons (Fsp3) is 0. The van der Waals surface area contributed by atoms with E-state index in [1.165, 1.54) is 24.3 Å². The summed E-state index contributed by atoms with van der Waals surface area (Å²) in [4.78, 5) is 21.5. The van der Waals surface area contributed by atoms with Gasteiger partial charge in [0, 0.05) is 12.1 Å². The Bertz CT molecular complexity index is 719. The molecule has 0 saturated carbocycles. The van der Waals surface area contributed by atoms with Crippen molar-refractivity contribution in [3.05, 3.63) is 47.5 Å². The summed E-state index contributed by atoms with van der Waals surface area (Å²) < 4.78 is 0. The van der Waals surface area contributed by atoms with Crippen LogP contribution in [0.4, 0.5) is 11.4 Å². The van der Waals surface area contributed by atoms with E-state index in [9.17, 15) is 19.8 Å². The van der Waals surface area contributed by atoms with Crippen molar-refractivity contribution in [1.29, 1.82) is 0 Å². The quantitative estimate of drug-likeness (QED) is 0.640. The first-order valence-corrected chi connectivity index (χ1v) is 5.93. The van der Waals surface area contributed by atoms with E-state index in [0.717, 1.165) is 12.1 Å². The molecule has 4 N–H and O–H groups in total. The van der Waals surface area contributed by atoms with Crippen LogP contribution in [-0.4, -0.2) is 32.4 Å². The van der Waals surface area contributed by atoms with Crippen LogP contribution in [0.25, 0.3) is 0 Å². The molecule has 2 aromatic carbocycles. The van der Waals surface area contributed by atoms with Crippen molar-refractivity contribution in [2.45, 2.75) is 0 Å². The van der Waals surface area contributed by atoms with Crippen LogP contribution >= 0.6 is 0 Å². The van der Waals surface area contributed by atoms with E-state index in [-0.39, 0.29) is 22.5 Å². The lowest BCUT2D eigenvalue weighted by Crippen LogP contribution is -1.95. The Hall–Kier alpha value is -3.42. The van der Waals surface area contributed by atoms with Gasteiger partial charge in [-0.3, -0.25) is 0 Å². The second-order valence-electron chi connectivity index (χ2n) is 4.21. The number of hydrogen-bond acceptors (Lipinski definition) is 6. The van der Waals surface area contributed by atoms with E-state index in [4.69, 9.17) is 10.2 Å². The van der Waals surface area contributed by atoms with Crippen molar-refractivity contribution in [2.75, 3.05) is 0 Å². The minimum atomic E-state index is -1.27. The van der Waals surface area contributed by atoms with Crippen molar-refractivity contribution in [1.82, 2.24) is 0 Å². The fourth-order valence-corrected chi connectivity index (χ4v) is 1.64. The molecule has 0 aliphatic heterocycles. The monoisotopic (exact) mass is 302 g/mol. The van der Waals surface area contributed by atoms with Crippen LogP contribution in [0.5, 0.6) is 11.5 Å². The van der Waals surface area contributed by atoms with E-state index in [0.29, 0.717) is 0 Å². The molecule has 8 heteroatoms. The van der Waals surface area contributed by atoms with Gasteiger partial charge in [0.15, 0.2) is 0 Å². The number of nitrogens with zero attached hydrogens (tertiary/aromatic N) is 2. The zero-order valence-corrected chi connectivity index (χ0v) is 11.0. The maximum absolute atomic E-state index is 10.7. The number of aromatic carboxylic acids is 2. The van der Waals surface area contributed by atoms with Crippen LogP contribution in [0.15, 0.2) is 46.6 Å². The molecule has 0 spiro atoms. The van der Waals surface area contributed by atoms with Gasteiger partial charge in [-0.2, -0.15) is 10.2 Å². The molecular formula is C14H10N2O6. The average molecular weight is 302 g/mol. The molecule has 0 radical (unpaired) electrons. The van der Waals surface area contributed by atoms with E-state index in [2.05, 4.69) is 10.2 Å². The topological polar surface area (TPSA) is 140 Å². The van der Waals surface area contributed by atoms with Gasteiger partial charge >= 0.3 is 11.9 Å². The molecule has 2 aromatic rings. The van der Waals surface area contributed by atoms with Crippen molar-refractivity contribution in [3.8, 4) is 11.5 Å². The van der Waals surface area contributed by atoms with Crippen molar-refractivity contribution < 1.29 is 30.0 Å². The van der Waals surface area contributed by atoms with Gasteiger partial charge in [-0.25, -0.2) is 9.59 Å². The fourth-order valence-electron chi connectivity index (χ4n) is 1.64. The molecular weight excluding hydrogens is 292 g/mol. The first-order valence-electron chi connectivity index (χ1n) is 5.93. The molecule has 112 valence electrons. The Balaban J connectivity index is 2.25. The van der Waals surface area contributed by atoms with Gasteiger partial charge in [-0.1, -0.05) is 0 Å². The van der Waals surface area contributed by atoms with E-state index in [1.54, 1.807) is 0 Å². The SMILES string of the molecule is O=C(O)c1ccc(/N=N\c2ccc(C(=O)O)c(O)c2)cc1O. The van der Waals surface area contributed by atoms with Gasteiger partial charge in [0.25, 0.3) is 0 Å². The molecule has 0 saturated heterocycles. The smallest absolute Gasteiger partial charge is 0.339 e. The molecule has 0 atom stereocenters. The van der Waals surface area contributed by atoms with Crippen LogP contribution in [0.2, 0.25) is 0 Å². The molecule has 0 heterocycles. The highest BCUT2D eigenvalue weighted by molar-refractivity contribution is 5.91. The maximum Gasteiger partial charge on any atom is 0.339 e. The predicted octanol–water partition coefficient (Wildman–Crippen LogP) is 2.91. The molecule has 0 aliphatic rings. The normalized spacial score (nSPS) is 10.7. The number of aromatic hydroxyl groups is 2. The first kappa shape index (κ1) is 15.0. The van der Waals surface area contributed by atoms with Crippen LogP contribution in [0, 0.1) is 0 Å². The van der Waals surface area contributed by atoms with Gasteiger partial charge < -0.3 is 20.4 Å². The highest BCUT2D eigenvalue weighted by Gasteiger charge is 2.10. The van der Waals surface area contributed by atoms with Crippen molar-refractivity contribution >= 4 is 23.3 Å². The zero-order valence-electron chi connectivity index (χ0n) is 11.0. The number of phenols is 2. The van der Waals surface area contributed by atoms with E-state index < -0.39 is 23.4 Å². The highest BCUT2D eigenvalue weighted by Crippen LogP contribution is 2.28. The summed E-state index contributed by atoms with van der Waals surface area (Å²) in [7, 11) is 0. The number of carboxylic acids is 2. The largest absolute Gasteiger partial charge is 0.507 e. The number of hydrogen-bond donors (Lipinski definition) is 4. The number of carboxylic acid groups (broad SMARTS) is 2. The van der Waals surface area contributed by atoms with Crippen LogP contribution in [0.3, 0.4) is 0 Å². The number of azo groups is 1. The summed E-state index contributed by atoms with van der Waals surface area (Å²) in [6.45, 7) is 0. The predicted molar refractivity (Wildman–Crippen MR) is 74.3 cm³/mol. The minimum Gasteiger partial charge on any atom is -0.507 e. The Kier molecular flexibility index (Phi) is 4.03. The number of carbonyl (C=O) groups is 2. The lowest BCUT2D eigenvalue weighted by molar-refractivity contribution is 0.0682. The van der Waals surface area contributed by atoms with E-state index in [1.807, 2.05) is 0 Å².